The first kappa shape index (κ1) is 17.4. The van der Waals surface area contributed by atoms with Gasteiger partial charge in [-0.05, 0) is 41.3 Å². The number of pyridine rings is 1. The predicted octanol–water partition coefficient (Wildman–Crippen LogP) is 1.67. The number of hydrogen-bond donors (Lipinski definition) is 2. The molecular formula is C12H20BrN3O3S. The fraction of sp³-hybridized carbons (Fsp3) is 0.583. The second-order valence-electron chi connectivity index (χ2n) is 4.36. The van der Waals surface area contributed by atoms with E-state index in [0.29, 0.717) is 29.7 Å². The molecule has 1 heterocycles. The van der Waals surface area contributed by atoms with E-state index in [1.807, 2.05) is 0 Å². The quantitative estimate of drug-likeness (QED) is 0.684. The summed E-state index contributed by atoms with van der Waals surface area (Å²) in [5, 5.41) is 11.5. The van der Waals surface area contributed by atoms with E-state index in [1.54, 1.807) is 26.4 Å². The summed E-state index contributed by atoms with van der Waals surface area (Å²) in [5.41, 5.74) is 0. The number of aromatic nitrogens is 1. The topological polar surface area (TPSA) is 82.5 Å². The summed E-state index contributed by atoms with van der Waals surface area (Å²) in [5.74, 6) is 0.329. The molecule has 0 aliphatic carbocycles. The first-order chi connectivity index (χ1) is 9.43. The lowest BCUT2D eigenvalue weighted by molar-refractivity contribution is 0.281. The summed E-state index contributed by atoms with van der Waals surface area (Å²) >= 11 is 3.24. The van der Waals surface area contributed by atoms with E-state index in [4.69, 9.17) is 5.11 Å². The Balaban J connectivity index is 2.89. The summed E-state index contributed by atoms with van der Waals surface area (Å²) in [6.45, 7) is 0.550. The summed E-state index contributed by atoms with van der Waals surface area (Å²) in [4.78, 5) is 4.21. The van der Waals surface area contributed by atoms with Crippen LogP contribution >= 0.6 is 15.9 Å². The van der Waals surface area contributed by atoms with Crippen molar-refractivity contribution in [3.8, 4) is 0 Å². The summed E-state index contributed by atoms with van der Waals surface area (Å²) < 4.78 is 26.9. The molecule has 0 aliphatic rings. The number of sulfonamides is 1. The molecule has 0 fully saturated rings. The molecule has 0 saturated carbocycles. The lowest BCUT2D eigenvalue weighted by Gasteiger charge is -2.18. The zero-order valence-corrected chi connectivity index (χ0v) is 14.0. The average Bonchev–Trinajstić information content (AvgIpc) is 2.43. The van der Waals surface area contributed by atoms with Crippen LogP contribution in [0, 0.1) is 0 Å². The minimum absolute atomic E-state index is 0.135. The van der Waals surface area contributed by atoms with Gasteiger partial charge in [0.15, 0.2) is 0 Å². The van der Waals surface area contributed by atoms with Crippen LogP contribution in [0.15, 0.2) is 21.6 Å². The minimum atomic E-state index is -3.58. The molecular weight excluding hydrogens is 346 g/mol. The number of aliphatic hydroxyl groups excluding tert-OH is 1. The van der Waals surface area contributed by atoms with Gasteiger partial charge in [-0.15, -0.1) is 0 Å². The zero-order valence-electron chi connectivity index (χ0n) is 11.6. The van der Waals surface area contributed by atoms with Gasteiger partial charge in [0.1, 0.15) is 10.7 Å². The van der Waals surface area contributed by atoms with Crippen molar-refractivity contribution >= 4 is 31.8 Å². The maximum Gasteiger partial charge on any atom is 0.246 e. The van der Waals surface area contributed by atoms with Gasteiger partial charge < -0.3 is 10.4 Å². The molecule has 1 aromatic rings. The van der Waals surface area contributed by atoms with Gasteiger partial charge in [0.05, 0.1) is 0 Å². The summed E-state index contributed by atoms with van der Waals surface area (Å²) in [6.07, 6.45) is 3.75. The highest BCUT2D eigenvalue weighted by molar-refractivity contribution is 9.10. The normalized spacial score (nSPS) is 11.8. The third-order valence-electron chi connectivity index (χ3n) is 2.88. The van der Waals surface area contributed by atoms with Crippen LogP contribution in [0.1, 0.15) is 19.3 Å². The molecule has 20 heavy (non-hydrogen) atoms. The van der Waals surface area contributed by atoms with Crippen molar-refractivity contribution in [3.05, 3.63) is 16.7 Å². The Bertz CT molecular complexity index is 537. The van der Waals surface area contributed by atoms with Gasteiger partial charge in [-0.3, -0.25) is 0 Å². The maximum atomic E-state index is 12.5. The Hall–Kier alpha value is -0.700. The van der Waals surface area contributed by atoms with Crippen molar-refractivity contribution in [1.29, 1.82) is 0 Å². The van der Waals surface area contributed by atoms with E-state index in [1.165, 1.54) is 4.31 Å². The molecule has 0 aromatic carbocycles. The Morgan fingerprint density at radius 2 is 2.10 bits per heavy atom. The second kappa shape index (κ2) is 7.92. The zero-order chi connectivity index (χ0) is 15.2. The molecule has 0 amide bonds. The number of rotatable bonds is 8. The van der Waals surface area contributed by atoms with Crippen molar-refractivity contribution < 1.29 is 13.5 Å². The Kier molecular flexibility index (Phi) is 6.87. The molecule has 1 aromatic heterocycles. The Labute approximate surface area is 128 Å². The lowest BCUT2D eigenvalue weighted by atomic mass is 10.2. The van der Waals surface area contributed by atoms with Crippen molar-refractivity contribution in [2.75, 3.05) is 32.6 Å². The molecule has 8 heteroatoms. The minimum Gasteiger partial charge on any atom is -0.396 e. The molecule has 6 nitrogen and oxygen atoms in total. The second-order valence-corrected chi connectivity index (χ2v) is 7.29. The van der Waals surface area contributed by atoms with Gasteiger partial charge >= 0.3 is 0 Å². The molecule has 0 radical (unpaired) electrons. The van der Waals surface area contributed by atoms with Crippen molar-refractivity contribution in [3.63, 3.8) is 0 Å². The van der Waals surface area contributed by atoms with E-state index >= 15 is 0 Å². The first-order valence-corrected chi connectivity index (χ1v) is 8.57. The SMILES string of the molecule is CNc1ncc(Br)cc1S(=O)(=O)N(C)CCCCCO. The van der Waals surface area contributed by atoms with Crippen LogP contribution in [-0.2, 0) is 10.0 Å². The highest BCUT2D eigenvalue weighted by atomic mass is 79.9. The summed E-state index contributed by atoms with van der Waals surface area (Å²) in [6, 6.07) is 1.54. The van der Waals surface area contributed by atoms with Crippen molar-refractivity contribution in [2.24, 2.45) is 0 Å². The van der Waals surface area contributed by atoms with Crippen LogP contribution in [0.2, 0.25) is 0 Å². The predicted molar refractivity (Wildman–Crippen MR) is 82.2 cm³/mol. The highest BCUT2D eigenvalue weighted by Crippen LogP contribution is 2.25. The molecule has 2 N–H and O–H groups in total. The Morgan fingerprint density at radius 1 is 1.40 bits per heavy atom. The highest BCUT2D eigenvalue weighted by Gasteiger charge is 2.24. The smallest absolute Gasteiger partial charge is 0.246 e. The molecule has 0 aliphatic heterocycles. The van der Waals surface area contributed by atoms with Crippen LogP contribution in [0.5, 0.6) is 0 Å². The largest absolute Gasteiger partial charge is 0.396 e. The molecule has 0 bridgehead atoms. The van der Waals surface area contributed by atoms with Gasteiger partial charge in [0.25, 0.3) is 0 Å². The van der Waals surface area contributed by atoms with E-state index in [-0.39, 0.29) is 11.5 Å². The fourth-order valence-corrected chi connectivity index (χ4v) is 3.58. The van der Waals surface area contributed by atoms with E-state index in [0.717, 1.165) is 6.42 Å². The van der Waals surface area contributed by atoms with Crippen LogP contribution < -0.4 is 5.32 Å². The fourth-order valence-electron chi connectivity index (χ4n) is 1.72. The van der Waals surface area contributed by atoms with Gasteiger partial charge in [-0.2, -0.15) is 0 Å². The number of aliphatic hydroxyl groups is 1. The first-order valence-electron chi connectivity index (χ1n) is 6.34. The number of nitrogens with zero attached hydrogens (tertiary/aromatic N) is 2. The van der Waals surface area contributed by atoms with Crippen LogP contribution in [0.4, 0.5) is 5.82 Å². The molecule has 0 unspecified atom stereocenters. The number of hydrogen-bond acceptors (Lipinski definition) is 5. The molecule has 1 rings (SSSR count). The van der Waals surface area contributed by atoms with Gasteiger partial charge in [-0.1, -0.05) is 0 Å². The van der Waals surface area contributed by atoms with E-state index < -0.39 is 10.0 Å². The van der Waals surface area contributed by atoms with Crippen LogP contribution in [0.3, 0.4) is 0 Å². The van der Waals surface area contributed by atoms with Crippen LogP contribution in [0.25, 0.3) is 0 Å². The van der Waals surface area contributed by atoms with Crippen molar-refractivity contribution in [2.45, 2.75) is 24.2 Å². The molecule has 0 saturated heterocycles. The third-order valence-corrected chi connectivity index (χ3v) is 5.18. The Morgan fingerprint density at radius 3 is 2.70 bits per heavy atom. The maximum absolute atomic E-state index is 12.5. The average molecular weight is 366 g/mol. The lowest BCUT2D eigenvalue weighted by Crippen LogP contribution is -2.28. The van der Waals surface area contributed by atoms with E-state index in [9.17, 15) is 8.42 Å². The standard InChI is InChI=1S/C12H20BrN3O3S/c1-14-12-11(8-10(13)9-15-12)20(18,19)16(2)6-4-3-5-7-17/h8-9,17H,3-7H2,1-2H3,(H,14,15). The number of unbranched alkanes of at least 4 members (excludes halogenated alkanes) is 2. The monoisotopic (exact) mass is 365 g/mol. The molecule has 0 atom stereocenters. The van der Waals surface area contributed by atoms with Gasteiger partial charge in [-0.25, -0.2) is 17.7 Å². The van der Waals surface area contributed by atoms with E-state index in [2.05, 4.69) is 26.2 Å². The number of halogens is 1. The van der Waals surface area contributed by atoms with Gasteiger partial charge in [0.2, 0.25) is 10.0 Å². The number of nitrogens with one attached hydrogen (secondary N) is 1. The molecule has 114 valence electrons. The van der Waals surface area contributed by atoms with Crippen molar-refractivity contribution in [1.82, 2.24) is 9.29 Å². The number of anilines is 1. The van der Waals surface area contributed by atoms with Crippen LogP contribution in [-0.4, -0.2) is 50.1 Å². The third kappa shape index (κ3) is 4.41. The van der Waals surface area contributed by atoms with Gasteiger partial charge in [0, 0.05) is 37.9 Å². The summed E-state index contributed by atoms with van der Waals surface area (Å²) in [7, 11) is -0.390. The molecule has 0 spiro atoms.